The van der Waals surface area contributed by atoms with Crippen molar-refractivity contribution in [2.45, 2.75) is 37.6 Å². The van der Waals surface area contributed by atoms with Gasteiger partial charge in [-0.25, -0.2) is 14.4 Å². The average Bonchev–Trinajstić information content (AvgIpc) is 3.28. The first-order chi connectivity index (χ1) is 17.5. The number of benzene rings is 2. The van der Waals surface area contributed by atoms with Crippen LogP contribution in [-0.2, 0) is 16.0 Å². The van der Waals surface area contributed by atoms with Gasteiger partial charge in [0.1, 0.15) is 23.7 Å². The number of hydrogen-bond donors (Lipinski definition) is 1. The van der Waals surface area contributed by atoms with Crippen LogP contribution in [-0.4, -0.2) is 65.5 Å². The van der Waals surface area contributed by atoms with E-state index in [0.717, 1.165) is 16.7 Å². The molecule has 36 heavy (non-hydrogen) atoms. The van der Waals surface area contributed by atoms with Crippen LogP contribution in [0.5, 0.6) is 5.75 Å². The molecule has 1 N–H and O–H groups in total. The van der Waals surface area contributed by atoms with Crippen LogP contribution in [0.3, 0.4) is 0 Å². The predicted molar refractivity (Wildman–Crippen MR) is 134 cm³/mol. The number of carbonyl (C=O) groups excluding carboxylic acids is 2. The van der Waals surface area contributed by atoms with Gasteiger partial charge in [0.2, 0.25) is 11.8 Å². The van der Waals surface area contributed by atoms with E-state index in [1.165, 1.54) is 13.2 Å². The third-order valence-electron chi connectivity index (χ3n) is 7.30. The van der Waals surface area contributed by atoms with Crippen molar-refractivity contribution >= 4 is 28.5 Å². The van der Waals surface area contributed by atoms with Crippen LogP contribution in [0, 0.1) is 5.82 Å². The zero-order valence-corrected chi connectivity index (χ0v) is 20.4. The molecular formula is C27H30FN5O3. The number of halogens is 1. The maximum absolute atomic E-state index is 14.6. The average molecular weight is 492 g/mol. The van der Waals surface area contributed by atoms with E-state index in [2.05, 4.69) is 20.2 Å². The van der Waals surface area contributed by atoms with E-state index in [4.69, 9.17) is 4.74 Å². The molecule has 8 nitrogen and oxygen atoms in total. The molecule has 0 radical (unpaired) electrons. The summed E-state index contributed by atoms with van der Waals surface area (Å²) in [4.78, 5) is 38.1. The van der Waals surface area contributed by atoms with Gasteiger partial charge >= 0.3 is 0 Å². The van der Waals surface area contributed by atoms with Gasteiger partial charge in [-0.3, -0.25) is 9.59 Å². The molecule has 188 valence electrons. The number of carbonyl (C=O) groups is 2. The summed E-state index contributed by atoms with van der Waals surface area (Å²) < 4.78 is 19.7. The Labute approximate surface area is 209 Å². The Kier molecular flexibility index (Phi) is 6.71. The number of nitrogens with zero attached hydrogens (tertiary/aromatic N) is 4. The molecule has 2 saturated heterocycles. The monoisotopic (exact) mass is 491 g/mol. The normalized spacial score (nSPS) is 20.0. The van der Waals surface area contributed by atoms with Crippen LogP contribution < -0.4 is 15.0 Å². The Morgan fingerprint density at radius 2 is 1.94 bits per heavy atom. The van der Waals surface area contributed by atoms with Crippen molar-refractivity contribution in [3.05, 3.63) is 60.2 Å². The van der Waals surface area contributed by atoms with Crippen LogP contribution in [0.15, 0.2) is 48.8 Å². The highest BCUT2D eigenvalue weighted by atomic mass is 19.1. The number of amides is 2. The highest BCUT2D eigenvalue weighted by molar-refractivity contribution is 5.89. The lowest BCUT2D eigenvalue weighted by atomic mass is 9.84. The Morgan fingerprint density at radius 1 is 1.14 bits per heavy atom. The van der Waals surface area contributed by atoms with Gasteiger partial charge in [-0.05, 0) is 43.0 Å². The minimum atomic E-state index is -0.621. The minimum Gasteiger partial charge on any atom is -0.497 e. The van der Waals surface area contributed by atoms with Crippen LogP contribution in [0.2, 0.25) is 0 Å². The molecule has 1 aromatic heterocycles. The second kappa shape index (κ2) is 10.1. The van der Waals surface area contributed by atoms with Crippen molar-refractivity contribution in [2.24, 2.45) is 0 Å². The first-order valence-electron chi connectivity index (χ1n) is 12.3. The summed E-state index contributed by atoms with van der Waals surface area (Å²) in [5, 5.41) is 4.05. The van der Waals surface area contributed by atoms with E-state index >= 15 is 0 Å². The highest BCUT2D eigenvalue weighted by Gasteiger charge is 2.39. The van der Waals surface area contributed by atoms with Gasteiger partial charge in [0.05, 0.1) is 12.6 Å². The second-order valence-electron chi connectivity index (χ2n) is 9.54. The molecule has 1 unspecified atom stereocenters. The van der Waals surface area contributed by atoms with Crippen molar-refractivity contribution < 1.29 is 18.7 Å². The van der Waals surface area contributed by atoms with E-state index in [9.17, 15) is 14.0 Å². The number of piperazine rings is 1. The van der Waals surface area contributed by atoms with Gasteiger partial charge in [0.25, 0.3) is 0 Å². The summed E-state index contributed by atoms with van der Waals surface area (Å²) in [6.45, 7) is 2.57. The molecule has 3 aromatic rings. The minimum absolute atomic E-state index is 0.0536. The van der Waals surface area contributed by atoms with E-state index in [1.54, 1.807) is 18.5 Å². The smallest absolute Gasteiger partial charge is 0.222 e. The molecule has 1 atom stereocenters. The predicted octanol–water partition coefficient (Wildman–Crippen LogP) is 3.10. The summed E-state index contributed by atoms with van der Waals surface area (Å²) in [6.07, 6.45) is 3.66. The maximum atomic E-state index is 14.6. The Balaban J connectivity index is 1.21. The van der Waals surface area contributed by atoms with Crippen molar-refractivity contribution in [1.82, 2.24) is 20.2 Å². The number of para-hydroxylation sites is 1. The van der Waals surface area contributed by atoms with Crippen LogP contribution in [0.25, 0.3) is 10.9 Å². The van der Waals surface area contributed by atoms with Crippen LogP contribution in [0.4, 0.5) is 10.2 Å². The molecule has 9 heteroatoms. The quantitative estimate of drug-likeness (QED) is 0.547. The topological polar surface area (TPSA) is 87.7 Å². The van der Waals surface area contributed by atoms with Gasteiger partial charge in [-0.1, -0.05) is 18.2 Å². The van der Waals surface area contributed by atoms with E-state index in [-0.39, 0.29) is 17.6 Å². The second-order valence-corrected chi connectivity index (χ2v) is 9.54. The van der Waals surface area contributed by atoms with Gasteiger partial charge < -0.3 is 19.9 Å². The molecule has 2 fully saturated rings. The molecule has 0 spiro atoms. The van der Waals surface area contributed by atoms with Crippen molar-refractivity contribution in [2.75, 3.05) is 38.2 Å². The highest BCUT2D eigenvalue weighted by Crippen LogP contribution is 2.32. The number of ether oxygens (including phenoxy) is 1. The molecule has 2 aliphatic heterocycles. The number of anilines is 1. The van der Waals surface area contributed by atoms with E-state index in [0.29, 0.717) is 69.6 Å². The molecule has 5 rings (SSSR count). The Hall–Kier alpha value is -3.75. The fourth-order valence-electron chi connectivity index (χ4n) is 5.26. The Morgan fingerprint density at radius 3 is 2.67 bits per heavy atom. The number of nitrogens with one attached hydrogen (secondary N) is 1. The van der Waals surface area contributed by atoms with Crippen LogP contribution in [0.1, 0.15) is 31.2 Å². The molecule has 2 amide bonds. The van der Waals surface area contributed by atoms with Crippen LogP contribution >= 0.6 is 0 Å². The van der Waals surface area contributed by atoms with Crippen molar-refractivity contribution in [3.63, 3.8) is 0 Å². The summed E-state index contributed by atoms with van der Waals surface area (Å²) in [6, 6.07) is 12.7. The summed E-state index contributed by atoms with van der Waals surface area (Å²) in [5.74, 6) is 0.974. The number of rotatable bonds is 7. The first-order valence-corrected chi connectivity index (χ1v) is 12.3. The molecular weight excluding hydrogens is 461 g/mol. The Bertz CT molecular complexity index is 1270. The summed E-state index contributed by atoms with van der Waals surface area (Å²) >= 11 is 0. The van der Waals surface area contributed by atoms with Gasteiger partial charge in [0, 0.05) is 56.0 Å². The standard InChI is InChI=1S/C27H30FN5O3/c1-36-20-7-6-19(22(28)16-20)17-27(10-8-24(34)31-27)11-9-25(35)32-12-14-33(15-13-32)26-21-4-2-3-5-23(21)29-18-30-26/h2-7,16,18H,8-15,17H2,1H3,(H,31,34). The number of aromatic nitrogens is 2. The number of fused-ring (bicyclic) bond motifs is 1. The lowest BCUT2D eigenvalue weighted by Gasteiger charge is -2.36. The van der Waals surface area contributed by atoms with Gasteiger partial charge in [-0.2, -0.15) is 0 Å². The van der Waals surface area contributed by atoms with Gasteiger partial charge in [0.15, 0.2) is 0 Å². The van der Waals surface area contributed by atoms with Gasteiger partial charge in [-0.15, -0.1) is 0 Å². The van der Waals surface area contributed by atoms with Crippen molar-refractivity contribution in [3.8, 4) is 5.75 Å². The molecule has 0 saturated carbocycles. The van der Waals surface area contributed by atoms with E-state index in [1.807, 2.05) is 29.2 Å². The number of hydrogen-bond acceptors (Lipinski definition) is 6. The lowest BCUT2D eigenvalue weighted by molar-refractivity contribution is -0.132. The fourth-order valence-corrected chi connectivity index (χ4v) is 5.26. The molecule has 2 aliphatic rings. The first kappa shape index (κ1) is 24.0. The van der Waals surface area contributed by atoms with Crippen molar-refractivity contribution in [1.29, 1.82) is 0 Å². The summed E-state index contributed by atoms with van der Waals surface area (Å²) in [7, 11) is 1.49. The molecule has 0 bridgehead atoms. The zero-order valence-electron chi connectivity index (χ0n) is 20.4. The third-order valence-corrected chi connectivity index (χ3v) is 7.30. The molecule has 0 aliphatic carbocycles. The SMILES string of the molecule is COc1ccc(CC2(CCC(=O)N3CCN(c4ncnc5ccccc45)CC3)CCC(=O)N2)c(F)c1. The summed E-state index contributed by atoms with van der Waals surface area (Å²) in [5.41, 5.74) is 0.790. The van der Waals surface area contributed by atoms with E-state index < -0.39 is 5.54 Å². The molecule has 2 aromatic carbocycles. The number of methoxy groups -OCH3 is 1. The lowest BCUT2D eigenvalue weighted by Crippen LogP contribution is -2.50. The largest absolute Gasteiger partial charge is 0.497 e. The molecule has 3 heterocycles. The third kappa shape index (κ3) is 4.96. The maximum Gasteiger partial charge on any atom is 0.222 e. The zero-order chi connectivity index (χ0) is 25.1. The fraction of sp³-hybridized carbons (Fsp3) is 0.407.